The summed E-state index contributed by atoms with van der Waals surface area (Å²) in [6.07, 6.45) is 4.34. The summed E-state index contributed by atoms with van der Waals surface area (Å²) < 4.78 is 1.24. The molecule has 0 bridgehead atoms. The van der Waals surface area contributed by atoms with Crippen LogP contribution in [0.5, 0.6) is 0 Å². The third kappa shape index (κ3) is 2.82. The molecule has 0 radical (unpaired) electrons. The van der Waals surface area contributed by atoms with Gasteiger partial charge in [-0.15, -0.1) is 0 Å². The lowest BCUT2D eigenvalue weighted by molar-refractivity contribution is 0.494. The minimum absolute atomic E-state index is 0.947. The predicted molar refractivity (Wildman–Crippen MR) is 84.6 cm³/mol. The quantitative estimate of drug-likeness (QED) is 0.907. The van der Waals surface area contributed by atoms with Crippen molar-refractivity contribution in [1.82, 2.24) is 5.32 Å². The Bertz CT molecular complexity index is 434. The Kier molecular flexibility index (Phi) is 4.13. The highest BCUT2D eigenvalue weighted by Gasteiger charge is 2.36. The van der Waals surface area contributed by atoms with E-state index in [0.29, 0.717) is 0 Å². The maximum absolute atomic E-state index is 3.72. The van der Waals surface area contributed by atoms with Crippen LogP contribution in [0.15, 0.2) is 22.7 Å². The highest BCUT2D eigenvalue weighted by atomic mass is 79.9. The van der Waals surface area contributed by atoms with Crippen molar-refractivity contribution in [2.24, 2.45) is 11.8 Å². The molecular formula is C16H23BrN2. The Balaban J connectivity index is 1.70. The van der Waals surface area contributed by atoms with Crippen LogP contribution >= 0.6 is 15.9 Å². The van der Waals surface area contributed by atoms with Gasteiger partial charge in [0.15, 0.2) is 0 Å². The van der Waals surface area contributed by atoms with Crippen LogP contribution in [0.25, 0.3) is 0 Å². The molecule has 2 aliphatic rings. The molecule has 19 heavy (non-hydrogen) atoms. The molecule has 1 aliphatic carbocycles. The summed E-state index contributed by atoms with van der Waals surface area (Å²) in [5, 5.41) is 3.38. The summed E-state index contributed by atoms with van der Waals surface area (Å²) >= 11 is 3.72. The largest absolute Gasteiger partial charge is 0.371 e. The van der Waals surface area contributed by atoms with Crippen LogP contribution in [0.4, 0.5) is 5.69 Å². The molecule has 2 unspecified atom stereocenters. The molecule has 2 atom stereocenters. The zero-order valence-electron chi connectivity index (χ0n) is 11.7. The van der Waals surface area contributed by atoms with Crippen molar-refractivity contribution >= 4 is 21.6 Å². The van der Waals surface area contributed by atoms with Crippen molar-refractivity contribution in [1.29, 1.82) is 0 Å². The van der Waals surface area contributed by atoms with Crippen LogP contribution in [0.1, 0.15) is 31.7 Å². The van der Waals surface area contributed by atoms with E-state index in [0.717, 1.165) is 24.9 Å². The van der Waals surface area contributed by atoms with Gasteiger partial charge in [0.1, 0.15) is 0 Å². The standard InChI is InChI=1S/C16H23BrN2/c1-2-18-9-12-6-7-15(8-16(12)17)19-10-13-4-3-5-14(13)11-19/h6-8,13-14,18H,2-5,9-11H2,1H3. The van der Waals surface area contributed by atoms with Crippen molar-refractivity contribution < 1.29 is 0 Å². The summed E-state index contributed by atoms with van der Waals surface area (Å²) in [4.78, 5) is 2.58. The number of nitrogens with one attached hydrogen (secondary N) is 1. The number of rotatable bonds is 4. The summed E-state index contributed by atoms with van der Waals surface area (Å²) in [6.45, 7) is 6.64. The second-order valence-corrected chi connectivity index (χ2v) is 6.77. The molecule has 3 heteroatoms. The average Bonchev–Trinajstić information content (AvgIpc) is 2.98. The van der Waals surface area contributed by atoms with E-state index in [1.54, 1.807) is 0 Å². The lowest BCUT2D eigenvalue weighted by atomic mass is 10.0. The fraction of sp³-hybridized carbons (Fsp3) is 0.625. The maximum atomic E-state index is 3.72. The van der Waals surface area contributed by atoms with Crippen molar-refractivity contribution in [2.45, 2.75) is 32.7 Å². The molecule has 104 valence electrons. The number of hydrogen-bond donors (Lipinski definition) is 1. The van der Waals surface area contributed by atoms with Crippen molar-refractivity contribution in [3.63, 3.8) is 0 Å². The van der Waals surface area contributed by atoms with Gasteiger partial charge in [-0.2, -0.15) is 0 Å². The molecule has 0 spiro atoms. The SMILES string of the molecule is CCNCc1ccc(N2CC3CCCC3C2)cc1Br. The first-order valence-corrected chi connectivity index (χ1v) is 8.31. The molecule has 3 rings (SSSR count). The molecule has 2 nitrogen and oxygen atoms in total. The number of anilines is 1. The summed E-state index contributed by atoms with van der Waals surface area (Å²) in [6, 6.07) is 6.85. The van der Waals surface area contributed by atoms with Gasteiger partial charge in [0.25, 0.3) is 0 Å². The van der Waals surface area contributed by atoms with Crippen LogP contribution in [-0.4, -0.2) is 19.6 Å². The Morgan fingerprint density at radius 1 is 1.26 bits per heavy atom. The molecule has 0 amide bonds. The smallest absolute Gasteiger partial charge is 0.0377 e. The van der Waals surface area contributed by atoms with E-state index in [-0.39, 0.29) is 0 Å². The first-order valence-electron chi connectivity index (χ1n) is 7.52. The van der Waals surface area contributed by atoms with Crippen LogP contribution in [0.2, 0.25) is 0 Å². The van der Waals surface area contributed by atoms with Crippen LogP contribution in [0.3, 0.4) is 0 Å². The van der Waals surface area contributed by atoms with Crippen molar-refractivity contribution in [3.05, 3.63) is 28.2 Å². The number of halogens is 1. The molecule has 1 heterocycles. The highest BCUT2D eigenvalue weighted by Crippen LogP contribution is 2.40. The zero-order chi connectivity index (χ0) is 13.2. The normalized spacial score (nSPS) is 25.9. The number of hydrogen-bond acceptors (Lipinski definition) is 2. The van der Waals surface area contributed by atoms with Crippen LogP contribution in [-0.2, 0) is 6.54 Å². The Morgan fingerprint density at radius 2 is 2.00 bits per heavy atom. The molecule has 1 aromatic rings. The lowest BCUT2D eigenvalue weighted by Crippen LogP contribution is -2.21. The monoisotopic (exact) mass is 322 g/mol. The first kappa shape index (κ1) is 13.4. The third-order valence-electron chi connectivity index (χ3n) is 4.69. The molecule has 1 saturated carbocycles. The minimum Gasteiger partial charge on any atom is -0.371 e. The second-order valence-electron chi connectivity index (χ2n) is 5.91. The number of benzene rings is 1. The minimum atomic E-state index is 0.947. The van der Waals surface area contributed by atoms with Gasteiger partial charge in [0.05, 0.1) is 0 Å². The van der Waals surface area contributed by atoms with E-state index < -0.39 is 0 Å². The van der Waals surface area contributed by atoms with Crippen molar-refractivity contribution in [2.75, 3.05) is 24.5 Å². The van der Waals surface area contributed by atoms with E-state index >= 15 is 0 Å². The summed E-state index contributed by atoms with van der Waals surface area (Å²) in [5.41, 5.74) is 2.74. The van der Waals surface area contributed by atoms with Gasteiger partial charge in [0.2, 0.25) is 0 Å². The third-order valence-corrected chi connectivity index (χ3v) is 5.43. The van der Waals surface area contributed by atoms with Gasteiger partial charge in [-0.3, -0.25) is 0 Å². The lowest BCUT2D eigenvalue weighted by Gasteiger charge is -2.20. The van der Waals surface area contributed by atoms with Crippen LogP contribution < -0.4 is 10.2 Å². The van der Waals surface area contributed by atoms with Gasteiger partial charge in [0, 0.05) is 29.8 Å². The summed E-state index contributed by atoms with van der Waals surface area (Å²) in [5.74, 6) is 1.92. The number of fused-ring (bicyclic) bond motifs is 1. The zero-order valence-corrected chi connectivity index (χ0v) is 13.2. The van der Waals surface area contributed by atoms with E-state index in [2.05, 4.69) is 51.3 Å². The van der Waals surface area contributed by atoms with E-state index in [1.165, 1.54) is 48.1 Å². The Hall–Kier alpha value is -0.540. The molecule has 2 fully saturated rings. The highest BCUT2D eigenvalue weighted by molar-refractivity contribution is 9.10. The Morgan fingerprint density at radius 3 is 2.63 bits per heavy atom. The average molecular weight is 323 g/mol. The van der Waals surface area contributed by atoms with Gasteiger partial charge in [-0.1, -0.05) is 35.3 Å². The predicted octanol–water partition coefficient (Wildman–Crippen LogP) is 3.79. The first-order chi connectivity index (χ1) is 9.28. The van der Waals surface area contributed by atoms with Gasteiger partial charge in [-0.05, 0) is 48.9 Å². The fourth-order valence-corrected chi connectivity index (χ4v) is 4.09. The molecule has 0 aromatic heterocycles. The number of nitrogens with zero attached hydrogens (tertiary/aromatic N) is 1. The topological polar surface area (TPSA) is 15.3 Å². The van der Waals surface area contributed by atoms with Gasteiger partial charge in [-0.25, -0.2) is 0 Å². The molecule has 1 saturated heterocycles. The van der Waals surface area contributed by atoms with Gasteiger partial charge >= 0.3 is 0 Å². The molecule has 1 aliphatic heterocycles. The fourth-order valence-electron chi connectivity index (χ4n) is 3.58. The second kappa shape index (κ2) is 5.84. The van der Waals surface area contributed by atoms with E-state index in [4.69, 9.17) is 0 Å². The molecule has 1 N–H and O–H groups in total. The van der Waals surface area contributed by atoms with Crippen LogP contribution in [0, 0.1) is 11.8 Å². The van der Waals surface area contributed by atoms with E-state index in [1.807, 2.05) is 0 Å². The molecule has 1 aromatic carbocycles. The maximum Gasteiger partial charge on any atom is 0.0377 e. The molecular weight excluding hydrogens is 300 g/mol. The van der Waals surface area contributed by atoms with Gasteiger partial charge < -0.3 is 10.2 Å². The van der Waals surface area contributed by atoms with Crippen molar-refractivity contribution in [3.8, 4) is 0 Å². The summed E-state index contributed by atoms with van der Waals surface area (Å²) in [7, 11) is 0. The van der Waals surface area contributed by atoms with E-state index in [9.17, 15) is 0 Å². The Labute approximate surface area is 124 Å².